The maximum absolute atomic E-state index is 3.54. The Morgan fingerprint density at radius 3 is 2.17 bits per heavy atom. The third-order valence-electron chi connectivity index (χ3n) is 2.30. The van der Waals surface area contributed by atoms with Crippen LogP contribution < -0.4 is 0 Å². The van der Waals surface area contributed by atoms with Gasteiger partial charge >= 0.3 is 0 Å². The number of hydrogen-bond acceptors (Lipinski definition) is 0. The summed E-state index contributed by atoms with van der Waals surface area (Å²) in [7, 11) is 0. The van der Waals surface area contributed by atoms with Gasteiger partial charge in [-0.2, -0.15) is 0 Å². The molecule has 0 N–H and O–H groups in total. The minimum Gasteiger partial charge on any atom is -0.0765 e. The second kappa shape index (κ2) is 8.55. The second-order valence-corrected chi connectivity index (χ2v) is 6.84. The molecule has 74 valence electrons. The molecule has 0 aliphatic carbocycles. The van der Waals surface area contributed by atoms with Gasteiger partial charge in [0.05, 0.1) is 3.74 Å². The Kier molecular flexibility index (Phi) is 9.24. The molecular formula is C10H20Br2. The summed E-state index contributed by atoms with van der Waals surface area (Å²) in [5, 5.41) is 0. The predicted molar refractivity (Wildman–Crippen MR) is 64.2 cm³/mol. The molecule has 1 unspecified atom stereocenters. The van der Waals surface area contributed by atoms with E-state index in [9.17, 15) is 0 Å². The molecule has 0 amide bonds. The molecule has 1 atom stereocenters. The number of alkyl halides is 2. The van der Waals surface area contributed by atoms with E-state index in [4.69, 9.17) is 0 Å². The van der Waals surface area contributed by atoms with Crippen LogP contribution in [0.1, 0.15) is 52.4 Å². The first-order valence-electron chi connectivity index (χ1n) is 4.98. The molecule has 0 heterocycles. The molecule has 0 radical (unpaired) electrons. The predicted octanol–water partition coefficient (Wildman–Crippen LogP) is 5.10. The Balaban J connectivity index is 3.39. The van der Waals surface area contributed by atoms with Crippen molar-refractivity contribution in [2.24, 2.45) is 5.92 Å². The summed E-state index contributed by atoms with van der Waals surface area (Å²) in [6.45, 7) is 4.55. The van der Waals surface area contributed by atoms with Gasteiger partial charge < -0.3 is 0 Å². The normalized spacial score (nSPS) is 13.8. The lowest BCUT2D eigenvalue weighted by atomic mass is 9.96. The van der Waals surface area contributed by atoms with Gasteiger partial charge in [0.25, 0.3) is 0 Å². The molecule has 0 rings (SSSR count). The van der Waals surface area contributed by atoms with E-state index in [1.807, 2.05) is 0 Å². The fourth-order valence-electron chi connectivity index (χ4n) is 1.42. The first-order chi connectivity index (χ1) is 5.70. The van der Waals surface area contributed by atoms with Crippen molar-refractivity contribution in [3.8, 4) is 0 Å². The van der Waals surface area contributed by atoms with Crippen LogP contribution in [0, 0.1) is 5.92 Å². The van der Waals surface area contributed by atoms with Crippen molar-refractivity contribution < 1.29 is 0 Å². The first kappa shape index (κ1) is 13.0. The molecule has 0 aromatic carbocycles. The van der Waals surface area contributed by atoms with Crippen LogP contribution in [0.3, 0.4) is 0 Å². The van der Waals surface area contributed by atoms with Gasteiger partial charge in [0.1, 0.15) is 0 Å². The fraction of sp³-hybridized carbons (Fsp3) is 1.00. The van der Waals surface area contributed by atoms with Crippen molar-refractivity contribution in [1.29, 1.82) is 0 Å². The van der Waals surface area contributed by atoms with Gasteiger partial charge in [0.15, 0.2) is 0 Å². The molecule has 0 fully saturated rings. The van der Waals surface area contributed by atoms with Crippen LogP contribution >= 0.6 is 31.9 Å². The molecule has 0 aromatic rings. The number of unbranched alkanes of at least 4 members (excludes halogenated alkanes) is 2. The Labute approximate surface area is 93.8 Å². The highest BCUT2D eigenvalue weighted by atomic mass is 79.9. The summed E-state index contributed by atoms with van der Waals surface area (Å²) < 4.78 is 0.511. The van der Waals surface area contributed by atoms with E-state index >= 15 is 0 Å². The van der Waals surface area contributed by atoms with Crippen LogP contribution in [-0.2, 0) is 0 Å². The maximum atomic E-state index is 3.54. The summed E-state index contributed by atoms with van der Waals surface area (Å²) >= 11 is 7.08. The van der Waals surface area contributed by atoms with E-state index in [1.54, 1.807) is 0 Å². The molecule has 0 aliphatic rings. The van der Waals surface area contributed by atoms with Crippen LogP contribution in [0.5, 0.6) is 0 Å². The van der Waals surface area contributed by atoms with Crippen LogP contribution in [-0.4, -0.2) is 3.74 Å². The second-order valence-electron chi connectivity index (χ2n) is 3.40. The smallest absolute Gasteiger partial charge is 0.0700 e. The van der Waals surface area contributed by atoms with E-state index in [0.29, 0.717) is 3.74 Å². The average molecular weight is 300 g/mol. The summed E-state index contributed by atoms with van der Waals surface area (Å²) in [6.07, 6.45) is 8.12. The molecule has 0 spiro atoms. The summed E-state index contributed by atoms with van der Waals surface area (Å²) in [5.74, 6) is 0.903. The van der Waals surface area contributed by atoms with Crippen molar-refractivity contribution in [3.05, 3.63) is 0 Å². The van der Waals surface area contributed by atoms with Gasteiger partial charge in [-0.3, -0.25) is 0 Å². The Bertz CT molecular complexity index is 91.8. The monoisotopic (exact) mass is 298 g/mol. The van der Waals surface area contributed by atoms with E-state index in [0.717, 1.165) is 5.92 Å². The minimum absolute atomic E-state index is 0.511. The van der Waals surface area contributed by atoms with Crippen molar-refractivity contribution in [2.75, 3.05) is 0 Å². The Morgan fingerprint density at radius 1 is 1.08 bits per heavy atom. The first-order valence-corrected chi connectivity index (χ1v) is 6.81. The van der Waals surface area contributed by atoms with Crippen molar-refractivity contribution in [3.63, 3.8) is 0 Å². The zero-order valence-electron chi connectivity index (χ0n) is 8.15. The van der Waals surface area contributed by atoms with E-state index < -0.39 is 0 Å². The van der Waals surface area contributed by atoms with Gasteiger partial charge in [0, 0.05) is 0 Å². The summed E-state index contributed by atoms with van der Waals surface area (Å²) in [6, 6.07) is 0. The van der Waals surface area contributed by atoms with Crippen LogP contribution in [0.4, 0.5) is 0 Å². The van der Waals surface area contributed by atoms with Gasteiger partial charge in [0.2, 0.25) is 0 Å². The highest BCUT2D eigenvalue weighted by Gasteiger charge is 2.09. The molecule has 0 saturated heterocycles. The third kappa shape index (κ3) is 7.60. The molecule has 2 heteroatoms. The fourth-order valence-corrected chi connectivity index (χ4v) is 2.48. The van der Waals surface area contributed by atoms with E-state index in [-0.39, 0.29) is 0 Å². The van der Waals surface area contributed by atoms with Gasteiger partial charge in [-0.05, 0) is 12.3 Å². The van der Waals surface area contributed by atoms with Crippen molar-refractivity contribution >= 4 is 31.9 Å². The van der Waals surface area contributed by atoms with Gasteiger partial charge in [-0.15, -0.1) is 0 Å². The Hall–Kier alpha value is 0.960. The number of rotatable bonds is 7. The molecule has 0 aromatic heterocycles. The van der Waals surface area contributed by atoms with Crippen LogP contribution in [0.25, 0.3) is 0 Å². The standard InChI is InChI=1S/C10H20Br2/c1-3-5-6-7-9(4-2)8-10(11)12/h9-10H,3-8H2,1-2H3. The van der Waals surface area contributed by atoms with E-state index in [1.165, 1.54) is 38.5 Å². The molecular weight excluding hydrogens is 280 g/mol. The van der Waals surface area contributed by atoms with E-state index in [2.05, 4.69) is 45.7 Å². The van der Waals surface area contributed by atoms with Crippen molar-refractivity contribution in [2.45, 2.75) is 56.1 Å². The van der Waals surface area contributed by atoms with Crippen LogP contribution in [0.2, 0.25) is 0 Å². The van der Waals surface area contributed by atoms with Crippen LogP contribution in [0.15, 0.2) is 0 Å². The zero-order chi connectivity index (χ0) is 9.40. The highest BCUT2D eigenvalue weighted by molar-refractivity contribution is 9.24. The lowest BCUT2D eigenvalue weighted by molar-refractivity contribution is 0.432. The third-order valence-corrected chi connectivity index (χ3v) is 3.05. The maximum Gasteiger partial charge on any atom is 0.0700 e. The topological polar surface area (TPSA) is 0 Å². The quantitative estimate of drug-likeness (QED) is 0.453. The minimum atomic E-state index is 0.511. The highest BCUT2D eigenvalue weighted by Crippen LogP contribution is 2.25. The average Bonchev–Trinajstić information content (AvgIpc) is 2.02. The summed E-state index contributed by atoms with van der Waals surface area (Å²) in [4.78, 5) is 0. The van der Waals surface area contributed by atoms with Gasteiger partial charge in [-0.1, -0.05) is 77.8 Å². The van der Waals surface area contributed by atoms with Crippen molar-refractivity contribution in [1.82, 2.24) is 0 Å². The summed E-state index contributed by atoms with van der Waals surface area (Å²) in [5.41, 5.74) is 0. The molecule has 0 aliphatic heterocycles. The molecule has 0 nitrogen and oxygen atoms in total. The Morgan fingerprint density at radius 2 is 1.75 bits per heavy atom. The SMILES string of the molecule is CCCCCC(CC)CC(Br)Br. The lowest BCUT2D eigenvalue weighted by Crippen LogP contribution is -2.02. The molecule has 0 saturated carbocycles. The van der Waals surface area contributed by atoms with Gasteiger partial charge in [-0.25, -0.2) is 0 Å². The zero-order valence-corrected chi connectivity index (χ0v) is 11.3. The largest absolute Gasteiger partial charge is 0.0765 e. The number of hydrogen-bond donors (Lipinski definition) is 0. The number of halogens is 2. The molecule has 0 bridgehead atoms. The molecule has 12 heavy (non-hydrogen) atoms. The lowest BCUT2D eigenvalue weighted by Gasteiger charge is -2.14.